The van der Waals surface area contributed by atoms with Gasteiger partial charge in [0.25, 0.3) is 5.91 Å². The normalized spacial score (nSPS) is 13.8. The molecule has 2 N–H and O–H groups in total. The highest BCUT2D eigenvalue weighted by molar-refractivity contribution is 6.62. The molecule has 32 heavy (non-hydrogen) atoms. The maximum absolute atomic E-state index is 13.0. The molecule has 1 amide bonds. The summed E-state index contributed by atoms with van der Waals surface area (Å²) in [5, 5.41) is 13.8. The van der Waals surface area contributed by atoms with Crippen molar-refractivity contribution in [2.45, 2.75) is 40.0 Å². The number of ether oxygens (including phenoxy) is 1. The molecule has 3 aromatic rings. The maximum Gasteiger partial charge on any atom is 0.492 e. The highest BCUT2D eigenvalue weighted by atomic mass is 16.5. The van der Waals surface area contributed by atoms with Crippen molar-refractivity contribution in [3.63, 3.8) is 0 Å². The predicted molar refractivity (Wildman–Crippen MR) is 121 cm³/mol. The van der Waals surface area contributed by atoms with Gasteiger partial charge >= 0.3 is 13.1 Å². The number of amides is 1. The number of fused-ring (bicyclic) bond motifs is 2. The number of pyridine rings is 1. The van der Waals surface area contributed by atoms with Gasteiger partial charge < -0.3 is 19.7 Å². The number of carbonyl (C=O) groups excluding carboxylic acids is 2. The fourth-order valence-corrected chi connectivity index (χ4v) is 3.93. The minimum atomic E-state index is -1.04. The average Bonchev–Trinajstić information content (AvgIpc) is 3.17. The van der Waals surface area contributed by atoms with E-state index in [1.165, 1.54) is 0 Å². The van der Waals surface area contributed by atoms with Gasteiger partial charge in [0.05, 0.1) is 12.1 Å². The van der Waals surface area contributed by atoms with Gasteiger partial charge in [-0.2, -0.15) is 0 Å². The molecule has 2 heterocycles. The van der Waals surface area contributed by atoms with Gasteiger partial charge in [-0.25, -0.2) is 4.79 Å². The van der Waals surface area contributed by atoms with Crippen molar-refractivity contribution in [3.05, 3.63) is 70.9 Å². The zero-order valence-electron chi connectivity index (χ0n) is 18.3. The summed E-state index contributed by atoms with van der Waals surface area (Å²) in [5.74, 6) is -1.06. The lowest BCUT2D eigenvalue weighted by atomic mass is 9.75. The lowest BCUT2D eigenvalue weighted by molar-refractivity contribution is -0.148. The van der Waals surface area contributed by atoms with Gasteiger partial charge in [0.1, 0.15) is 12.6 Å². The van der Waals surface area contributed by atoms with Crippen LogP contribution in [0.4, 0.5) is 0 Å². The van der Waals surface area contributed by atoms with Gasteiger partial charge in [-0.1, -0.05) is 32.0 Å². The summed E-state index contributed by atoms with van der Waals surface area (Å²) in [7, 11) is -1.04. The van der Waals surface area contributed by atoms with E-state index < -0.39 is 25.0 Å². The van der Waals surface area contributed by atoms with Gasteiger partial charge in [-0.15, -0.1) is 0 Å². The molecule has 1 aliphatic heterocycles. The Balaban J connectivity index is 1.45. The van der Waals surface area contributed by atoms with Crippen molar-refractivity contribution in [2.24, 2.45) is 5.92 Å². The van der Waals surface area contributed by atoms with Crippen LogP contribution in [0.3, 0.4) is 0 Å². The van der Waals surface area contributed by atoms with Gasteiger partial charge in [0, 0.05) is 17.1 Å². The number of benzene rings is 2. The summed E-state index contributed by atoms with van der Waals surface area (Å²) in [5.41, 5.74) is 4.23. The van der Waals surface area contributed by atoms with E-state index in [2.05, 4.69) is 10.3 Å². The first-order chi connectivity index (χ1) is 15.3. The Morgan fingerprint density at radius 2 is 2.06 bits per heavy atom. The molecule has 1 aromatic heterocycles. The summed E-state index contributed by atoms with van der Waals surface area (Å²) in [6, 6.07) is 12.1. The molecule has 4 rings (SSSR count). The number of nitrogens with zero attached hydrogens (tertiary/aromatic N) is 1. The highest BCUT2D eigenvalue weighted by Crippen LogP contribution is 2.18. The van der Waals surface area contributed by atoms with Crippen molar-refractivity contribution >= 4 is 35.4 Å². The van der Waals surface area contributed by atoms with Crippen LogP contribution >= 0.6 is 0 Å². The second-order valence-corrected chi connectivity index (χ2v) is 8.31. The number of rotatable bonds is 6. The average molecular weight is 432 g/mol. The topological polar surface area (TPSA) is 97.8 Å². The molecule has 0 saturated carbocycles. The van der Waals surface area contributed by atoms with Crippen molar-refractivity contribution in [3.8, 4) is 0 Å². The Kier molecular flexibility index (Phi) is 6.25. The smallest absolute Gasteiger partial charge is 0.459 e. The summed E-state index contributed by atoms with van der Waals surface area (Å²) in [6.07, 6.45) is 1.73. The monoisotopic (exact) mass is 432 g/mol. The van der Waals surface area contributed by atoms with E-state index in [1.807, 2.05) is 44.2 Å². The number of carbonyl (C=O) groups is 2. The summed E-state index contributed by atoms with van der Waals surface area (Å²) in [4.78, 5) is 30.1. The van der Waals surface area contributed by atoms with Crippen molar-refractivity contribution in [1.82, 2.24) is 10.3 Å². The van der Waals surface area contributed by atoms with Crippen LogP contribution in [0.25, 0.3) is 10.9 Å². The zero-order chi connectivity index (χ0) is 22.8. The van der Waals surface area contributed by atoms with Gasteiger partial charge in [-0.3, -0.25) is 9.78 Å². The summed E-state index contributed by atoms with van der Waals surface area (Å²) in [6.45, 7) is 5.88. The van der Waals surface area contributed by atoms with Crippen LogP contribution in [0, 0.1) is 12.8 Å². The molecule has 0 saturated heterocycles. The molecule has 0 aliphatic carbocycles. The highest BCUT2D eigenvalue weighted by Gasteiger charge is 2.32. The van der Waals surface area contributed by atoms with E-state index in [0.717, 1.165) is 22.0 Å². The zero-order valence-corrected chi connectivity index (χ0v) is 18.3. The number of nitrogens with one attached hydrogen (secondary N) is 1. The molecule has 2 aromatic carbocycles. The maximum atomic E-state index is 13.0. The second kappa shape index (κ2) is 9.10. The number of hydrogen-bond acceptors (Lipinski definition) is 6. The van der Waals surface area contributed by atoms with Gasteiger partial charge in [0.2, 0.25) is 0 Å². The first-order valence-corrected chi connectivity index (χ1v) is 10.6. The van der Waals surface area contributed by atoms with Crippen LogP contribution in [0.15, 0.2) is 48.7 Å². The quantitative estimate of drug-likeness (QED) is 0.458. The third kappa shape index (κ3) is 4.37. The fourth-order valence-electron chi connectivity index (χ4n) is 3.93. The Morgan fingerprint density at radius 1 is 1.25 bits per heavy atom. The molecule has 0 spiro atoms. The summed E-state index contributed by atoms with van der Waals surface area (Å²) >= 11 is 0. The number of hydrogen-bond donors (Lipinski definition) is 2. The summed E-state index contributed by atoms with van der Waals surface area (Å²) < 4.78 is 10.8. The fraction of sp³-hybridized carbons (Fsp3) is 0.292. The first kappa shape index (κ1) is 22.0. The molecule has 0 fully saturated rings. The minimum absolute atomic E-state index is 0.101. The molecule has 0 radical (unpaired) electrons. The Labute approximate surface area is 186 Å². The van der Waals surface area contributed by atoms with Crippen LogP contribution in [0.2, 0.25) is 0 Å². The van der Waals surface area contributed by atoms with Crippen LogP contribution in [0.5, 0.6) is 0 Å². The van der Waals surface area contributed by atoms with E-state index in [9.17, 15) is 14.6 Å². The molecular weight excluding hydrogens is 407 g/mol. The SMILES string of the molecule is Cc1c(C(=O)NC(C(=O)OCc2ccc3ncccc3c2)C(C)C)ccc2c1B(O)OC2. The van der Waals surface area contributed by atoms with E-state index >= 15 is 0 Å². The third-order valence-electron chi connectivity index (χ3n) is 5.75. The molecule has 1 atom stereocenters. The van der Waals surface area contributed by atoms with Crippen molar-refractivity contribution in [2.75, 3.05) is 0 Å². The molecular formula is C24H25BN2O5. The van der Waals surface area contributed by atoms with Crippen LogP contribution < -0.4 is 10.8 Å². The largest absolute Gasteiger partial charge is 0.492 e. The van der Waals surface area contributed by atoms with Gasteiger partial charge in [0.15, 0.2) is 0 Å². The molecule has 8 heteroatoms. The van der Waals surface area contributed by atoms with E-state index in [-0.39, 0.29) is 12.5 Å². The minimum Gasteiger partial charge on any atom is -0.459 e. The van der Waals surface area contributed by atoms with Crippen molar-refractivity contribution < 1.29 is 24.0 Å². The first-order valence-electron chi connectivity index (χ1n) is 10.6. The van der Waals surface area contributed by atoms with Crippen LogP contribution in [0.1, 0.15) is 40.9 Å². The molecule has 7 nitrogen and oxygen atoms in total. The third-order valence-corrected chi connectivity index (χ3v) is 5.75. The standard InChI is InChI=1S/C24H25BN2O5/c1-14(2)22(24(29)31-12-16-6-9-20-17(11-16)5-4-10-26-20)27-23(28)19-8-7-18-13-32-25(30)21(18)15(19)3/h4-11,14,22,30H,12-13H2,1-3H3,(H,27,28). The molecule has 1 aliphatic rings. The number of aromatic nitrogens is 1. The Hall–Kier alpha value is -3.23. The lowest BCUT2D eigenvalue weighted by Crippen LogP contribution is -2.46. The van der Waals surface area contributed by atoms with E-state index in [4.69, 9.17) is 9.39 Å². The Morgan fingerprint density at radius 3 is 2.84 bits per heavy atom. The van der Waals surface area contributed by atoms with E-state index in [1.54, 1.807) is 25.3 Å². The number of esters is 1. The van der Waals surface area contributed by atoms with Gasteiger partial charge in [-0.05, 0) is 59.3 Å². The molecule has 0 bridgehead atoms. The lowest BCUT2D eigenvalue weighted by Gasteiger charge is -2.22. The second-order valence-electron chi connectivity index (χ2n) is 8.31. The predicted octanol–water partition coefficient (Wildman–Crippen LogP) is 2.26. The van der Waals surface area contributed by atoms with Crippen LogP contribution in [-0.2, 0) is 27.4 Å². The van der Waals surface area contributed by atoms with Crippen molar-refractivity contribution in [1.29, 1.82) is 0 Å². The Bertz CT molecular complexity index is 1180. The molecule has 1 unspecified atom stereocenters. The van der Waals surface area contributed by atoms with Crippen LogP contribution in [-0.4, -0.2) is 35.0 Å². The molecule has 164 valence electrons. The van der Waals surface area contributed by atoms with E-state index in [0.29, 0.717) is 23.2 Å².